The average molecular weight is 249 g/mol. The van der Waals surface area contributed by atoms with Crippen molar-refractivity contribution in [3.63, 3.8) is 0 Å². The minimum Gasteiger partial charge on any atom is -0.478 e. The number of aryl methyl sites for hydroxylation is 2. The normalized spacial score (nSPS) is 10.4. The first-order chi connectivity index (χ1) is 8.49. The van der Waals surface area contributed by atoms with Gasteiger partial charge in [0.2, 0.25) is 0 Å². The van der Waals surface area contributed by atoms with Gasteiger partial charge >= 0.3 is 5.97 Å². The summed E-state index contributed by atoms with van der Waals surface area (Å²) in [6.45, 7) is 3.71. The maximum atomic E-state index is 13.2. The van der Waals surface area contributed by atoms with E-state index >= 15 is 0 Å². The van der Waals surface area contributed by atoms with Gasteiger partial charge < -0.3 is 9.94 Å². The van der Waals surface area contributed by atoms with Crippen LogP contribution in [0.15, 0.2) is 30.3 Å². The second-order valence-electron chi connectivity index (χ2n) is 3.95. The van der Waals surface area contributed by atoms with Crippen LogP contribution < -0.4 is 4.84 Å². The minimum atomic E-state index is -1.32. The zero-order valence-corrected chi connectivity index (χ0v) is 9.98. The van der Waals surface area contributed by atoms with E-state index in [-0.39, 0.29) is 5.75 Å². The molecule has 0 aliphatic carbocycles. The average Bonchev–Trinajstić information content (AvgIpc) is 2.63. The molecule has 0 unspecified atom stereocenters. The van der Waals surface area contributed by atoms with E-state index in [1.54, 1.807) is 4.73 Å². The number of aromatic carboxylic acids is 1. The third kappa shape index (κ3) is 2.20. The van der Waals surface area contributed by atoms with Crippen LogP contribution in [0.1, 0.15) is 21.7 Å². The number of benzene rings is 1. The van der Waals surface area contributed by atoms with Crippen molar-refractivity contribution in [3.8, 4) is 5.75 Å². The first-order valence-electron chi connectivity index (χ1n) is 5.35. The molecule has 0 aliphatic heterocycles. The van der Waals surface area contributed by atoms with Crippen molar-refractivity contribution >= 4 is 5.97 Å². The second kappa shape index (κ2) is 4.52. The van der Waals surface area contributed by atoms with Crippen molar-refractivity contribution < 1.29 is 19.1 Å². The number of hydrogen-bond donors (Lipinski definition) is 1. The number of halogens is 1. The van der Waals surface area contributed by atoms with E-state index in [9.17, 15) is 9.18 Å². The molecule has 0 radical (unpaired) electrons. The molecule has 5 heteroatoms. The number of aromatic nitrogens is 1. The molecule has 0 bridgehead atoms. The molecule has 0 aliphatic rings. The first kappa shape index (κ1) is 12.2. The van der Waals surface area contributed by atoms with E-state index in [4.69, 9.17) is 9.94 Å². The molecule has 0 saturated carbocycles. The summed E-state index contributed by atoms with van der Waals surface area (Å²) in [6, 6.07) is 7.37. The van der Waals surface area contributed by atoms with Crippen LogP contribution in [0, 0.1) is 19.7 Å². The van der Waals surface area contributed by atoms with Crippen LogP contribution in [-0.4, -0.2) is 15.8 Å². The van der Waals surface area contributed by atoms with Gasteiger partial charge in [-0.3, -0.25) is 0 Å². The lowest BCUT2D eigenvalue weighted by Crippen LogP contribution is -2.10. The Hall–Kier alpha value is -2.30. The Morgan fingerprint density at radius 1 is 1.22 bits per heavy atom. The maximum absolute atomic E-state index is 13.2. The largest absolute Gasteiger partial charge is 0.478 e. The Balaban J connectivity index is 2.36. The Kier molecular flexibility index (Phi) is 3.06. The number of rotatable bonds is 3. The van der Waals surface area contributed by atoms with Gasteiger partial charge in [0, 0.05) is 6.07 Å². The van der Waals surface area contributed by atoms with E-state index in [0.717, 1.165) is 23.5 Å². The lowest BCUT2D eigenvalue weighted by atomic mass is 10.2. The van der Waals surface area contributed by atoms with Gasteiger partial charge in [-0.15, -0.1) is 0 Å². The molecule has 1 heterocycles. The molecule has 2 rings (SSSR count). The van der Waals surface area contributed by atoms with E-state index in [2.05, 4.69) is 0 Å². The number of carbonyl (C=O) groups is 1. The third-order valence-electron chi connectivity index (χ3n) is 2.57. The van der Waals surface area contributed by atoms with Gasteiger partial charge in [-0.1, -0.05) is 0 Å². The number of carboxylic acids is 1. The molecule has 0 saturated heterocycles. The zero-order chi connectivity index (χ0) is 13.3. The maximum Gasteiger partial charge on any atom is 0.338 e. The SMILES string of the molecule is Cc1ccc(C)n1Oc1ccc(F)c(C(=O)O)c1. The summed E-state index contributed by atoms with van der Waals surface area (Å²) in [6.07, 6.45) is 0. The molecule has 2 aromatic rings. The first-order valence-corrected chi connectivity index (χ1v) is 5.35. The van der Waals surface area contributed by atoms with E-state index in [1.807, 2.05) is 26.0 Å². The summed E-state index contributed by atoms with van der Waals surface area (Å²) in [4.78, 5) is 16.3. The fourth-order valence-corrected chi connectivity index (χ4v) is 1.63. The van der Waals surface area contributed by atoms with Gasteiger partial charge in [0.15, 0.2) is 5.75 Å². The molecular formula is C13H12FNO3. The predicted octanol–water partition coefficient (Wildman–Crippen LogP) is 2.78. The summed E-state index contributed by atoms with van der Waals surface area (Å²) in [7, 11) is 0. The van der Waals surface area contributed by atoms with E-state index in [1.165, 1.54) is 6.07 Å². The lowest BCUT2D eigenvalue weighted by Gasteiger charge is -2.11. The van der Waals surface area contributed by atoms with Crippen LogP contribution in [0.25, 0.3) is 0 Å². The fraction of sp³-hybridized carbons (Fsp3) is 0.154. The fourth-order valence-electron chi connectivity index (χ4n) is 1.63. The Morgan fingerprint density at radius 2 is 1.83 bits per heavy atom. The molecule has 0 spiro atoms. The quantitative estimate of drug-likeness (QED) is 0.910. The number of hydrogen-bond acceptors (Lipinski definition) is 2. The van der Waals surface area contributed by atoms with Crippen LogP contribution in [0.3, 0.4) is 0 Å². The molecule has 1 N–H and O–H groups in total. The highest BCUT2D eigenvalue weighted by Gasteiger charge is 2.12. The van der Waals surface area contributed by atoms with Crippen molar-refractivity contribution in [2.75, 3.05) is 0 Å². The summed E-state index contributed by atoms with van der Waals surface area (Å²) in [5.41, 5.74) is 1.33. The molecular weight excluding hydrogens is 237 g/mol. The lowest BCUT2D eigenvalue weighted by molar-refractivity contribution is 0.0691. The van der Waals surface area contributed by atoms with Crippen LogP contribution >= 0.6 is 0 Å². The monoisotopic (exact) mass is 249 g/mol. The molecule has 1 aromatic carbocycles. The molecule has 0 atom stereocenters. The second-order valence-corrected chi connectivity index (χ2v) is 3.95. The van der Waals surface area contributed by atoms with Crippen molar-refractivity contribution in [2.45, 2.75) is 13.8 Å². The Bertz CT molecular complexity index is 585. The summed E-state index contributed by atoms with van der Waals surface area (Å²) in [5, 5.41) is 8.82. The van der Waals surface area contributed by atoms with Crippen molar-refractivity contribution in [2.24, 2.45) is 0 Å². The van der Waals surface area contributed by atoms with Crippen LogP contribution in [0.5, 0.6) is 5.75 Å². The summed E-state index contributed by atoms with van der Waals surface area (Å²) < 4.78 is 14.8. The van der Waals surface area contributed by atoms with Gasteiger partial charge in [-0.05, 0) is 38.1 Å². The predicted molar refractivity (Wildman–Crippen MR) is 63.3 cm³/mol. The third-order valence-corrected chi connectivity index (χ3v) is 2.57. The van der Waals surface area contributed by atoms with Crippen molar-refractivity contribution in [1.82, 2.24) is 4.73 Å². The van der Waals surface area contributed by atoms with Gasteiger partial charge in [0.05, 0.1) is 17.0 Å². The standard InChI is InChI=1S/C13H12FNO3/c1-8-3-4-9(2)15(8)18-10-5-6-12(14)11(7-10)13(16)17/h3-7H,1-2H3,(H,16,17). The Labute approximate surface area is 103 Å². The molecule has 0 amide bonds. The topological polar surface area (TPSA) is 51.5 Å². The molecule has 0 fully saturated rings. The molecule has 94 valence electrons. The summed E-state index contributed by atoms with van der Waals surface area (Å²) >= 11 is 0. The van der Waals surface area contributed by atoms with E-state index in [0.29, 0.717) is 0 Å². The van der Waals surface area contributed by atoms with Crippen molar-refractivity contribution in [1.29, 1.82) is 0 Å². The molecule has 18 heavy (non-hydrogen) atoms. The highest BCUT2D eigenvalue weighted by atomic mass is 19.1. The van der Waals surface area contributed by atoms with Crippen LogP contribution in [-0.2, 0) is 0 Å². The summed E-state index contributed by atoms with van der Waals surface area (Å²) in [5.74, 6) is -1.83. The molecule has 1 aromatic heterocycles. The van der Waals surface area contributed by atoms with Crippen molar-refractivity contribution in [3.05, 3.63) is 53.1 Å². The zero-order valence-electron chi connectivity index (χ0n) is 9.98. The van der Waals surface area contributed by atoms with Gasteiger partial charge in [-0.2, -0.15) is 4.73 Å². The van der Waals surface area contributed by atoms with E-state index < -0.39 is 17.3 Å². The molecule has 4 nitrogen and oxygen atoms in total. The smallest absolute Gasteiger partial charge is 0.338 e. The van der Waals surface area contributed by atoms with Crippen LogP contribution in [0.4, 0.5) is 4.39 Å². The highest BCUT2D eigenvalue weighted by molar-refractivity contribution is 5.88. The van der Waals surface area contributed by atoms with Gasteiger partial charge in [0.1, 0.15) is 5.82 Å². The minimum absolute atomic E-state index is 0.274. The highest BCUT2D eigenvalue weighted by Crippen LogP contribution is 2.19. The number of carboxylic acid groups (broad SMARTS) is 1. The number of nitrogens with zero attached hydrogens (tertiary/aromatic N) is 1. The van der Waals surface area contributed by atoms with Gasteiger partial charge in [0.25, 0.3) is 0 Å². The Morgan fingerprint density at radius 3 is 2.39 bits per heavy atom. The van der Waals surface area contributed by atoms with Gasteiger partial charge in [-0.25, -0.2) is 9.18 Å². The van der Waals surface area contributed by atoms with Crippen LogP contribution in [0.2, 0.25) is 0 Å².